The molecule has 10 heteroatoms. The molecular formula is C27H21BrClN3O5. The van der Waals surface area contributed by atoms with Crippen LogP contribution >= 0.6 is 27.5 Å². The number of hydrogen-bond donors (Lipinski definition) is 2. The summed E-state index contributed by atoms with van der Waals surface area (Å²) >= 11 is 9.46. The van der Waals surface area contributed by atoms with Gasteiger partial charge in [-0.3, -0.25) is 19.7 Å². The Bertz CT molecular complexity index is 1450. The molecule has 1 heterocycles. The van der Waals surface area contributed by atoms with Gasteiger partial charge in [0.05, 0.1) is 5.69 Å². The number of anilines is 2. The third-order valence-electron chi connectivity index (χ3n) is 5.48. The summed E-state index contributed by atoms with van der Waals surface area (Å²) in [6.07, 6.45) is 1.28. The molecule has 0 radical (unpaired) electrons. The van der Waals surface area contributed by atoms with E-state index in [2.05, 4.69) is 26.6 Å². The Morgan fingerprint density at radius 2 is 1.78 bits per heavy atom. The first-order valence-corrected chi connectivity index (χ1v) is 12.3. The smallest absolute Gasteiger partial charge is 0.335 e. The predicted molar refractivity (Wildman–Crippen MR) is 145 cm³/mol. The Kier molecular flexibility index (Phi) is 7.75. The lowest BCUT2D eigenvalue weighted by atomic mass is 10.1. The maximum atomic E-state index is 13.2. The highest BCUT2D eigenvalue weighted by Gasteiger charge is 2.37. The average Bonchev–Trinajstić information content (AvgIpc) is 2.84. The van der Waals surface area contributed by atoms with Gasteiger partial charge in [0.25, 0.3) is 17.7 Å². The Hall–Kier alpha value is -3.95. The van der Waals surface area contributed by atoms with E-state index < -0.39 is 17.8 Å². The van der Waals surface area contributed by atoms with Gasteiger partial charge in [-0.2, -0.15) is 0 Å². The molecule has 3 aromatic rings. The van der Waals surface area contributed by atoms with Gasteiger partial charge in [-0.15, -0.1) is 0 Å². The number of imide groups is 2. The van der Waals surface area contributed by atoms with E-state index in [1.54, 1.807) is 30.3 Å². The first-order chi connectivity index (χ1) is 17.6. The number of aryl methyl sites for hydroxylation is 2. The number of amides is 5. The molecule has 37 heavy (non-hydrogen) atoms. The second-order valence-electron chi connectivity index (χ2n) is 8.27. The minimum atomic E-state index is -0.861. The molecule has 0 bridgehead atoms. The summed E-state index contributed by atoms with van der Waals surface area (Å²) in [6.45, 7) is 3.48. The van der Waals surface area contributed by atoms with E-state index in [0.29, 0.717) is 10.7 Å². The van der Waals surface area contributed by atoms with Crippen LogP contribution in [0.4, 0.5) is 16.2 Å². The quantitative estimate of drug-likeness (QED) is 0.299. The van der Waals surface area contributed by atoms with Crippen LogP contribution in [0, 0.1) is 13.8 Å². The highest BCUT2D eigenvalue weighted by molar-refractivity contribution is 9.10. The van der Waals surface area contributed by atoms with E-state index in [1.165, 1.54) is 18.2 Å². The Balaban J connectivity index is 1.58. The van der Waals surface area contributed by atoms with E-state index in [4.69, 9.17) is 16.3 Å². The molecule has 8 nitrogen and oxygen atoms in total. The third-order valence-corrected chi connectivity index (χ3v) is 6.25. The highest BCUT2D eigenvalue weighted by Crippen LogP contribution is 2.28. The van der Waals surface area contributed by atoms with Crippen LogP contribution in [0.1, 0.15) is 16.7 Å². The van der Waals surface area contributed by atoms with Crippen molar-refractivity contribution in [3.8, 4) is 5.75 Å². The third kappa shape index (κ3) is 6.07. The van der Waals surface area contributed by atoms with Crippen LogP contribution in [0.3, 0.4) is 0 Å². The number of nitrogens with one attached hydrogen (secondary N) is 2. The number of ether oxygens (including phenoxy) is 1. The fraction of sp³-hybridized carbons (Fsp3) is 0.111. The lowest BCUT2D eigenvalue weighted by Crippen LogP contribution is -2.54. The zero-order chi connectivity index (χ0) is 26.7. The number of urea groups is 1. The van der Waals surface area contributed by atoms with Gasteiger partial charge in [0.15, 0.2) is 6.61 Å². The maximum absolute atomic E-state index is 13.2. The molecule has 1 saturated heterocycles. The fourth-order valence-electron chi connectivity index (χ4n) is 3.60. The van der Waals surface area contributed by atoms with E-state index in [9.17, 15) is 19.2 Å². The van der Waals surface area contributed by atoms with Crippen molar-refractivity contribution in [2.75, 3.05) is 16.8 Å². The topological polar surface area (TPSA) is 105 Å². The van der Waals surface area contributed by atoms with Gasteiger partial charge < -0.3 is 10.1 Å². The molecule has 0 saturated carbocycles. The molecule has 2 N–H and O–H groups in total. The zero-order valence-electron chi connectivity index (χ0n) is 19.8. The summed E-state index contributed by atoms with van der Waals surface area (Å²) in [6, 6.07) is 15.9. The number of benzene rings is 3. The molecular weight excluding hydrogens is 562 g/mol. The van der Waals surface area contributed by atoms with Crippen LogP contribution in [0.2, 0.25) is 5.02 Å². The van der Waals surface area contributed by atoms with Crippen LogP contribution in [0.5, 0.6) is 5.75 Å². The van der Waals surface area contributed by atoms with Crippen LogP contribution in [-0.4, -0.2) is 30.4 Å². The van der Waals surface area contributed by atoms with E-state index >= 15 is 0 Å². The van der Waals surface area contributed by atoms with Crippen molar-refractivity contribution in [2.24, 2.45) is 0 Å². The fourth-order valence-corrected chi connectivity index (χ4v) is 4.05. The summed E-state index contributed by atoms with van der Waals surface area (Å²) in [5, 5.41) is 5.31. The Morgan fingerprint density at radius 3 is 2.51 bits per heavy atom. The maximum Gasteiger partial charge on any atom is 0.335 e. The van der Waals surface area contributed by atoms with Crippen LogP contribution in [0.25, 0.3) is 6.08 Å². The number of hydrogen-bond acceptors (Lipinski definition) is 5. The molecule has 1 aliphatic rings. The molecule has 0 aliphatic carbocycles. The van der Waals surface area contributed by atoms with Crippen molar-refractivity contribution in [3.63, 3.8) is 0 Å². The van der Waals surface area contributed by atoms with E-state index in [1.807, 2.05) is 32.0 Å². The first-order valence-electron chi connectivity index (χ1n) is 11.1. The van der Waals surface area contributed by atoms with Gasteiger partial charge in [0.1, 0.15) is 11.3 Å². The van der Waals surface area contributed by atoms with E-state index in [-0.39, 0.29) is 35.1 Å². The minimum absolute atomic E-state index is 0.223. The predicted octanol–water partition coefficient (Wildman–Crippen LogP) is 5.40. The minimum Gasteiger partial charge on any atom is -0.483 e. The lowest BCUT2D eigenvalue weighted by Gasteiger charge is -2.26. The van der Waals surface area contributed by atoms with Crippen molar-refractivity contribution in [2.45, 2.75) is 13.8 Å². The summed E-state index contributed by atoms with van der Waals surface area (Å²) in [5.41, 5.74) is 2.86. The standard InChI is InChI=1S/C27H21BrClN3O5/c1-15-3-4-16(2)22(11-15)30-24(33)14-37-23-10-7-19(29)12-17(23)13-21-25(34)31-27(36)32(26(21)35)20-8-5-18(28)6-9-20/h3-13H,14H2,1-2H3,(H,30,33)(H,31,34,36)/b21-13+. The van der Waals surface area contributed by atoms with Crippen LogP contribution < -0.4 is 20.3 Å². The largest absolute Gasteiger partial charge is 0.483 e. The normalized spacial score (nSPS) is 14.5. The molecule has 1 fully saturated rings. The zero-order valence-corrected chi connectivity index (χ0v) is 22.1. The second kappa shape index (κ2) is 11.0. The van der Waals surface area contributed by atoms with Crippen molar-refractivity contribution in [1.29, 1.82) is 0 Å². The van der Waals surface area contributed by atoms with Crippen LogP contribution in [-0.2, 0) is 14.4 Å². The number of carbonyl (C=O) groups excluding carboxylic acids is 4. The van der Waals surface area contributed by atoms with Gasteiger partial charge in [-0.05, 0) is 79.6 Å². The van der Waals surface area contributed by atoms with Gasteiger partial charge in [-0.25, -0.2) is 9.69 Å². The average molecular weight is 583 g/mol. The number of nitrogens with zero attached hydrogens (tertiary/aromatic N) is 1. The number of carbonyl (C=O) groups is 4. The molecule has 188 valence electrons. The number of barbiturate groups is 1. The van der Waals surface area contributed by atoms with E-state index in [0.717, 1.165) is 20.5 Å². The number of halogens is 2. The Morgan fingerprint density at radius 1 is 1.05 bits per heavy atom. The summed E-state index contributed by atoms with van der Waals surface area (Å²) in [7, 11) is 0. The van der Waals surface area contributed by atoms with Gasteiger partial charge in [-0.1, -0.05) is 39.7 Å². The number of rotatable bonds is 6. The second-order valence-corrected chi connectivity index (χ2v) is 9.62. The van der Waals surface area contributed by atoms with Crippen molar-refractivity contribution < 1.29 is 23.9 Å². The van der Waals surface area contributed by atoms with Gasteiger partial charge in [0, 0.05) is 20.7 Å². The molecule has 4 rings (SSSR count). The van der Waals surface area contributed by atoms with Gasteiger partial charge in [0.2, 0.25) is 0 Å². The summed E-state index contributed by atoms with van der Waals surface area (Å²) in [5.74, 6) is -1.84. The van der Waals surface area contributed by atoms with Crippen molar-refractivity contribution in [1.82, 2.24) is 5.32 Å². The molecule has 0 atom stereocenters. The lowest BCUT2D eigenvalue weighted by molar-refractivity contribution is -0.122. The molecule has 3 aromatic carbocycles. The van der Waals surface area contributed by atoms with Gasteiger partial charge >= 0.3 is 6.03 Å². The molecule has 1 aliphatic heterocycles. The van der Waals surface area contributed by atoms with Crippen LogP contribution in [0.15, 0.2) is 70.7 Å². The van der Waals surface area contributed by atoms with Crippen molar-refractivity contribution in [3.05, 3.63) is 92.4 Å². The highest BCUT2D eigenvalue weighted by atomic mass is 79.9. The molecule has 0 unspecified atom stereocenters. The summed E-state index contributed by atoms with van der Waals surface area (Å²) in [4.78, 5) is 51.6. The van der Waals surface area contributed by atoms with Crippen molar-refractivity contribution >= 4 is 68.7 Å². The Labute approximate surface area is 226 Å². The molecule has 0 spiro atoms. The summed E-state index contributed by atoms with van der Waals surface area (Å²) < 4.78 is 6.47. The SMILES string of the molecule is Cc1ccc(C)c(NC(=O)COc2ccc(Cl)cc2/C=C2\C(=O)NC(=O)N(c3ccc(Br)cc3)C2=O)c1. The molecule has 0 aromatic heterocycles. The molecule has 5 amide bonds. The monoisotopic (exact) mass is 581 g/mol. The first kappa shape index (κ1) is 26.1.